The van der Waals surface area contributed by atoms with Gasteiger partial charge in [-0.1, -0.05) is 13.0 Å². The first kappa shape index (κ1) is 14.4. The fourth-order valence-corrected chi connectivity index (χ4v) is 3.45. The van der Waals surface area contributed by atoms with Crippen molar-refractivity contribution < 1.29 is 4.79 Å². The molecule has 5 nitrogen and oxygen atoms in total. The number of likely N-dealkylation sites (N-methyl/N-ethyl adjacent to an activating group) is 2. The van der Waals surface area contributed by atoms with Crippen LogP contribution in [0.5, 0.6) is 0 Å². The van der Waals surface area contributed by atoms with Crippen molar-refractivity contribution in [3.05, 3.63) is 23.8 Å². The van der Waals surface area contributed by atoms with E-state index in [9.17, 15) is 4.79 Å². The van der Waals surface area contributed by atoms with Gasteiger partial charge in [0.25, 0.3) is 0 Å². The number of hydrogen-bond acceptors (Lipinski definition) is 4. The summed E-state index contributed by atoms with van der Waals surface area (Å²) in [6, 6.07) is 6.17. The van der Waals surface area contributed by atoms with Gasteiger partial charge < -0.3 is 16.0 Å². The predicted octanol–water partition coefficient (Wildman–Crippen LogP) is 1.56. The Bertz CT molecular complexity index is 545. The molecule has 0 aromatic heterocycles. The summed E-state index contributed by atoms with van der Waals surface area (Å²) < 4.78 is 0. The minimum atomic E-state index is -0.523. The van der Waals surface area contributed by atoms with Crippen molar-refractivity contribution in [1.82, 2.24) is 4.90 Å². The Labute approximate surface area is 126 Å². The highest BCUT2D eigenvalue weighted by Gasteiger charge is 2.28. The Morgan fingerprint density at radius 1 is 1.48 bits per heavy atom. The van der Waals surface area contributed by atoms with E-state index in [1.54, 1.807) is 0 Å². The van der Waals surface area contributed by atoms with Crippen LogP contribution in [0, 0.1) is 0 Å². The van der Waals surface area contributed by atoms with Crippen LogP contribution in [-0.4, -0.2) is 43.5 Å². The lowest BCUT2D eigenvalue weighted by molar-refractivity contribution is -0.116. The predicted molar refractivity (Wildman–Crippen MR) is 85.5 cm³/mol. The van der Waals surface area contributed by atoms with E-state index in [1.807, 2.05) is 12.1 Å². The number of nitrogens with zero attached hydrogens (tertiary/aromatic N) is 2. The Balaban J connectivity index is 1.73. The Morgan fingerprint density at radius 3 is 3.05 bits per heavy atom. The van der Waals surface area contributed by atoms with Crippen molar-refractivity contribution >= 4 is 17.3 Å². The van der Waals surface area contributed by atoms with Crippen molar-refractivity contribution in [1.29, 1.82) is 0 Å². The number of carbonyl (C=O) groups is 1. The van der Waals surface area contributed by atoms with Crippen molar-refractivity contribution in [2.45, 2.75) is 31.8 Å². The van der Waals surface area contributed by atoms with Crippen LogP contribution in [0.1, 0.15) is 31.4 Å². The summed E-state index contributed by atoms with van der Waals surface area (Å²) in [7, 11) is 2.12. The third-order valence-electron chi connectivity index (χ3n) is 4.74. The second-order valence-corrected chi connectivity index (χ2v) is 6.04. The molecule has 2 aliphatic rings. The molecule has 21 heavy (non-hydrogen) atoms. The number of likely N-dealkylation sites (tertiary alicyclic amines) is 1. The summed E-state index contributed by atoms with van der Waals surface area (Å²) in [6.07, 6.45) is 2.56. The fourth-order valence-electron chi connectivity index (χ4n) is 3.45. The zero-order chi connectivity index (χ0) is 15.0. The maximum absolute atomic E-state index is 11.6. The summed E-state index contributed by atoms with van der Waals surface area (Å²) >= 11 is 0. The van der Waals surface area contributed by atoms with Crippen LogP contribution in [0.15, 0.2) is 18.2 Å². The van der Waals surface area contributed by atoms with E-state index in [0.717, 1.165) is 30.0 Å². The molecular formula is C16H24N4O. The van der Waals surface area contributed by atoms with Gasteiger partial charge in [0.2, 0.25) is 5.91 Å². The standard InChI is InChI=1S/C16H24N4O/c1-3-20-8-4-5-12(20)10-19(2)11-6-7-13-14(9-11)18-16(21)15(13)17/h6-7,9,12,15H,3-5,8,10,17H2,1-2H3,(H,18,21). The summed E-state index contributed by atoms with van der Waals surface area (Å²) in [5.74, 6) is -0.113. The second-order valence-electron chi connectivity index (χ2n) is 6.04. The van der Waals surface area contributed by atoms with Crippen LogP contribution in [0.4, 0.5) is 11.4 Å². The van der Waals surface area contributed by atoms with Gasteiger partial charge in [0.05, 0.1) is 0 Å². The maximum Gasteiger partial charge on any atom is 0.245 e. The normalized spacial score (nSPS) is 25.0. The van der Waals surface area contributed by atoms with E-state index in [2.05, 4.69) is 35.2 Å². The number of anilines is 2. The van der Waals surface area contributed by atoms with E-state index >= 15 is 0 Å². The molecule has 114 valence electrons. The molecule has 1 amide bonds. The Hall–Kier alpha value is -1.59. The molecule has 0 bridgehead atoms. The van der Waals surface area contributed by atoms with Gasteiger partial charge in [-0.3, -0.25) is 9.69 Å². The van der Waals surface area contributed by atoms with Gasteiger partial charge in [0, 0.05) is 36.6 Å². The molecule has 2 atom stereocenters. The van der Waals surface area contributed by atoms with Gasteiger partial charge in [-0.15, -0.1) is 0 Å². The van der Waals surface area contributed by atoms with Crippen molar-refractivity contribution in [2.75, 3.05) is 36.9 Å². The van der Waals surface area contributed by atoms with Crippen molar-refractivity contribution in [2.24, 2.45) is 5.73 Å². The average Bonchev–Trinajstić information content (AvgIpc) is 3.03. The van der Waals surface area contributed by atoms with Crippen LogP contribution in [0.2, 0.25) is 0 Å². The number of nitrogens with two attached hydrogens (primary N) is 1. The summed E-state index contributed by atoms with van der Waals surface area (Å²) in [5.41, 5.74) is 8.74. The fraction of sp³-hybridized carbons (Fsp3) is 0.562. The van der Waals surface area contributed by atoms with E-state index in [4.69, 9.17) is 5.73 Å². The number of nitrogens with one attached hydrogen (secondary N) is 1. The summed E-state index contributed by atoms with van der Waals surface area (Å²) in [4.78, 5) is 16.4. The van der Waals surface area contributed by atoms with Gasteiger partial charge in [-0.25, -0.2) is 0 Å². The van der Waals surface area contributed by atoms with Crippen molar-refractivity contribution in [3.8, 4) is 0 Å². The number of fused-ring (bicyclic) bond motifs is 1. The van der Waals surface area contributed by atoms with Gasteiger partial charge in [-0.2, -0.15) is 0 Å². The van der Waals surface area contributed by atoms with E-state index in [0.29, 0.717) is 6.04 Å². The van der Waals surface area contributed by atoms with Gasteiger partial charge >= 0.3 is 0 Å². The second kappa shape index (κ2) is 5.66. The zero-order valence-corrected chi connectivity index (χ0v) is 12.8. The molecule has 0 spiro atoms. The molecule has 3 rings (SSSR count). The summed E-state index contributed by atoms with van der Waals surface area (Å²) in [6.45, 7) is 5.58. The SMILES string of the molecule is CCN1CCCC1CN(C)c1ccc2c(c1)NC(=O)C2N. The number of rotatable bonds is 4. The largest absolute Gasteiger partial charge is 0.373 e. The smallest absolute Gasteiger partial charge is 0.245 e. The number of hydrogen-bond donors (Lipinski definition) is 2. The minimum Gasteiger partial charge on any atom is -0.373 e. The van der Waals surface area contributed by atoms with Gasteiger partial charge in [-0.05, 0) is 38.1 Å². The van der Waals surface area contributed by atoms with Crippen LogP contribution >= 0.6 is 0 Å². The minimum absolute atomic E-state index is 0.113. The highest BCUT2D eigenvalue weighted by Crippen LogP contribution is 2.32. The monoisotopic (exact) mass is 288 g/mol. The lowest BCUT2D eigenvalue weighted by Gasteiger charge is -2.29. The molecule has 1 aromatic carbocycles. The third kappa shape index (κ3) is 2.63. The lowest BCUT2D eigenvalue weighted by atomic mass is 10.1. The van der Waals surface area contributed by atoms with E-state index in [-0.39, 0.29) is 5.91 Å². The average molecular weight is 288 g/mol. The summed E-state index contributed by atoms with van der Waals surface area (Å²) in [5, 5.41) is 2.85. The van der Waals surface area contributed by atoms with Crippen LogP contribution in [-0.2, 0) is 4.79 Å². The topological polar surface area (TPSA) is 61.6 Å². The molecular weight excluding hydrogens is 264 g/mol. The highest BCUT2D eigenvalue weighted by atomic mass is 16.2. The number of benzene rings is 1. The third-order valence-corrected chi connectivity index (χ3v) is 4.74. The highest BCUT2D eigenvalue weighted by molar-refractivity contribution is 6.02. The molecule has 2 aliphatic heterocycles. The molecule has 2 heterocycles. The zero-order valence-electron chi connectivity index (χ0n) is 12.8. The molecule has 1 fully saturated rings. The van der Waals surface area contributed by atoms with Gasteiger partial charge in [0.1, 0.15) is 6.04 Å². The Kier molecular flexibility index (Phi) is 3.87. The molecule has 5 heteroatoms. The van der Waals surface area contributed by atoms with E-state index in [1.165, 1.54) is 19.4 Å². The molecule has 0 saturated carbocycles. The number of amides is 1. The lowest BCUT2D eigenvalue weighted by Crippen LogP contribution is -2.38. The van der Waals surface area contributed by atoms with Crippen LogP contribution in [0.3, 0.4) is 0 Å². The first-order valence-corrected chi connectivity index (χ1v) is 7.75. The first-order valence-electron chi connectivity index (χ1n) is 7.75. The maximum atomic E-state index is 11.6. The van der Waals surface area contributed by atoms with Gasteiger partial charge in [0.15, 0.2) is 0 Å². The quantitative estimate of drug-likeness (QED) is 0.882. The van der Waals surface area contributed by atoms with Crippen LogP contribution < -0.4 is 16.0 Å². The number of carbonyl (C=O) groups excluding carboxylic acids is 1. The first-order chi connectivity index (χ1) is 10.1. The van der Waals surface area contributed by atoms with Crippen molar-refractivity contribution in [3.63, 3.8) is 0 Å². The Morgan fingerprint density at radius 2 is 2.29 bits per heavy atom. The molecule has 1 saturated heterocycles. The molecule has 1 aromatic rings. The molecule has 0 aliphatic carbocycles. The molecule has 2 unspecified atom stereocenters. The van der Waals surface area contributed by atoms with Crippen LogP contribution in [0.25, 0.3) is 0 Å². The molecule has 3 N–H and O–H groups in total. The van der Waals surface area contributed by atoms with E-state index < -0.39 is 6.04 Å². The molecule has 0 radical (unpaired) electrons.